The van der Waals surface area contributed by atoms with Gasteiger partial charge in [0.15, 0.2) is 11.5 Å². The second-order valence-electron chi connectivity index (χ2n) is 5.77. The number of halogens is 4. The monoisotopic (exact) mass is 331 g/mol. The minimum absolute atomic E-state index is 0.244. The standard InChI is InChI=1S/C12H17ClF3NO4/c1-10(2,3)21-9(19)17-5-4-11(6-17,12(14,15)16)8(18)20-7-13/h4-7H2,1-3H3. The molecule has 1 saturated heterocycles. The van der Waals surface area contributed by atoms with Crippen LogP contribution in [0, 0.1) is 5.41 Å². The van der Waals surface area contributed by atoms with E-state index in [0.717, 1.165) is 4.90 Å². The number of hydrogen-bond donors (Lipinski definition) is 0. The highest BCUT2D eigenvalue weighted by atomic mass is 35.5. The van der Waals surface area contributed by atoms with Crippen molar-refractivity contribution in [2.75, 3.05) is 19.2 Å². The Morgan fingerprint density at radius 3 is 2.29 bits per heavy atom. The van der Waals surface area contributed by atoms with Crippen molar-refractivity contribution in [1.29, 1.82) is 0 Å². The molecule has 1 heterocycles. The van der Waals surface area contributed by atoms with Gasteiger partial charge >= 0.3 is 18.2 Å². The average molecular weight is 332 g/mol. The topological polar surface area (TPSA) is 55.8 Å². The first kappa shape index (κ1) is 17.9. The number of hydrogen-bond acceptors (Lipinski definition) is 4. The SMILES string of the molecule is CC(C)(C)OC(=O)N1CCC(C(=O)OCCl)(C(F)(F)F)C1. The molecule has 1 amide bonds. The van der Waals surface area contributed by atoms with Crippen molar-refractivity contribution < 1.29 is 32.2 Å². The van der Waals surface area contributed by atoms with E-state index in [4.69, 9.17) is 16.3 Å². The zero-order valence-corrected chi connectivity index (χ0v) is 12.7. The predicted molar refractivity (Wildman–Crippen MR) is 67.7 cm³/mol. The Labute approximate surface area is 125 Å². The molecule has 5 nitrogen and oxygen atoms in total. The van der Waals surface area contributed by atoms with Crippen LogP contribution in [0.1, 0.15) is 27.2 Å². The Hall–Kier alpha value is -1.18. The first-order chi connectivity index (χ1) is 9.43. The second kappa shape index (κ2) is 5.90. The van der Waals surface area contributed by atoms with Crippen molar-refractivity contribution in [2.45, 2.75) is 39.0 Å². The summed E-state index contributed by atoms with van der Waals surface area (Å²) < 4.78 is 49.0. The normalized spacial score (nSPS) is 23.1. The maximum absolute atomic E-state index is 13.2. The maximum atomic E-state index is 13.2. The molecule has 0 aromatic heterocycles. The van der Waals surface area contributed by atoms with Crippen LogP contribution < -0.4 is 0 Å². The van der Waals surface area contributed by atoms with Gasteiger partial charge in [-0.1, -0.05) is 11.6 Å². The minimum atomic E-state index is -4.84. The Bertz CT molecular complexity index is 422. The molecule has 0 aromatic rings. The van der Waals surface area contributed by atoms with Crippen molar-refractivity contribution in [3.8, 4) is 0 Å². The molecule has 122 valence electrons. The lowest BCUT2D eigenvalue weighted by Crippen LogP contribution is -2.49. The molecule has 1 fully saturated rings. The molecular weight excluding hydrogens is 315 g/mol. The van der Waals surface area contributed by atoms with Crippen LogP contribution in [0.25, 0.3) is 0 Å². The zero-order valence-electron chi connectivity index (χ0n) is 11.9. The zero-order chi connectivity index (χ0) is 16.5. The Kier molecular flexibility index (Phi) is 5.02. The summed E-state index contributed by atoms with van der Waals surface area (Å²) in [6, 6.07) is -0.677. The molecule has 1 aliphatic heterocycles. The third kappa shape index (κ3) is 3.93. The molecule has 1 aliphatic rings. The van der Waals surface area contributed by atoms with E-state index in [1.165, 1.54) is 0 Å². The van der Waals surface area contributed by atoms with Gasteiger partial charge in [-0.25, -0.2) is 4.79 Å². The lowest BCUT2D eigenvalue weighted by molar-refractivity contribution is -0.229. The summed E-state index contributed by atoms with van der Waals surface area (Å²) in [4.78, 5) is 24.3. The summed E-state index contributed by atoms with van der Waals surface area (Å²) in [6.45, 7) is 3.71. The summed E-state index contributed by atoms with van der Waals surface area (Å²) in [5, 5.41) is 0. The largest absolute Gasteiger partial charge is 0.449 e. The van der Waals surface area contributed by atoms with Crippen LogP contribution in [-0.2, 0) is 14.3 Å². The number of esters is 1. The highest BCUT2D eigenvalue weighted by Gasteiger charge is 2.65. The smallest absolute Gasteiger partial charge is 0.410 e. The minimum Gasteiger partial charge on any atom is -0.449 e. The predicted octanol–water partition coefficient (Wildman–Crippen LogP) is 2.92. The van der Waals surface area contributed by atoms with E-state index in [1.807, 2.05) is 0 Å². The number of alkyl halides is 4. The molecule has 1 atom stereocenters. The number of carbonyl (C=O) groups excluding carboxylic acids is 2. The molecule has 0 saturated carbocycles. The van der Waals surface area contributed by atoms with Gasteiger partial charge in [0.05, 0.1) is 0 Å². The van der Waals surface area contributed by atoms with E-state index in [2.05, 4.69) is 4.74 Å². The Morgan fingerprint density at radius 1 is 1.29 bits per heavy atom. The first-order valence-corrected chi connectivity index (χ1v) is 6.74. The highest BCUT2D eigenvalue weighted by Crippen LogP contribution is 2.46. The molecule has 21 heavy (non-hydrogen) atoms. The molecule has 1 unspecified atom stereocenters. The van der Waals surface area contributed by atoms with Crippen molar-refractivity contribution in [2.24, 2.45) is 5.41 Å². The second-order valence-corrected chi connectivity index (χ2v) is 5.99. The van der Waals surface area contributed by atoms with Crippen molar-refractivity contribution in [1.82, 2.24) is 4.90 Å². The molecule has 0 N–H and O–H groups in total. The summed E-state index contributed by atoms with van der Waals surface area (Å²) in [5.74, 6) is -1.48. The van der Waals surface area contributed by atoms with Crippen LogP contribution in [0.4, 0.5) is 18.0 Å². The van der Waals surface area contributed by atoms with Crippen molar-refractivity contribution >= 4 is 23.7 Å². The van der Waals surface area contributed by atoms with E-state index >= 15 is 0 Å². The van der Waals surface area contributed by atoms with Gasteiger partial charge < -0.3 is 14.4 Å². The Balaban J connectivity index is 2.92. The van der Waals surface area contributed by atoms with Gasteiger partial charge in [-0.2, -0.15) is 13.2 Å². The Morgan fingerprint density at radius 2 is 1.86 bits per heavy atom. The van der Waals surface area contributed by atoms with Crippen LogP contribution in [0.15, 0.2) is 0 Å². The molecule has 0 radical (unpaired) electrons. The quantitative estimate of drug-likeness (QED) is 0.576. The molecule has 0 aromatic carbocycles. The summed E-state index contributed by atoms with van der Waals surface area (Å²) in [6.07, 6.45) is -6.31. The van der Waals surface area contributed by atoms with Crippen LogP contribution in [0.3, 0.4) is 0 Å². The van der Waals surface area contributed by atoms with E-state index in [9.17, 15) is 22.8 Å². The number of nitrogens with zero attached hydrogens (tertiary/aromatic N) is 1. The average Bonchev–Trinajstić information content (AvgIpc) is 2.72. The maximum Gasteiger partial charge on any atom is 0.410 e. The van der Waals surface area contributed by atoms with Crippen LogP contribution in [0.2, 0.25) is 0 Å². The number of ether oxygens (including phenoxy) is 2. The van der Waals surface area contributed by atoms with E-state index in [-0.39, 0.29) is 6.54 Å². The van der Waals surface area contributed by atoms with Crippen LogP contribution >= 0.6 is 11.6 Å². The number of carbonyl (C=O) groups is 2. The van der Waals surface area contributed by atoms with Crippen molar-refractivity contribution in [3.63, 3.8) is 0 Å². The van der Waals surface area contributed by atoms with Gasteiger partial charge in [-0.05, 0) is 27.2 Å². The van der Waals surface area contributed by atoms with Gasteiger partial charge in [0.25, 0.3) is 0 Å². The summed E-state index contributed by atoms with van der Waals surface area (Å²) in [7, 11) is 0. The van der Waals surface area contributed by atoms with Gasteiger partial charge in [0.1, 0.15) is 5.60 Å². The van der Waals surface area contributed by atoms with Crippen molar-refractivity contribution in [3.05, 3.63) is 0 Å². The summed E-state index contributed by atoms with van der Waals surface area (Å²) in [5.41, 5.74) is -3.59. The highest BCUT2D eigenvalue weighted by molar-refractivity contribution is 6.17. The fraction of sp³-hybridized carbons (Fsp3) is 0.833. The molecular formula is C12H17ClF3NO4. The van der Waals surface area contributed by atoms with Crippen LogP contribution in [-0.4, -0.2) is 47.9 Å². The van der Waals surface area contributed by atoms with Gasteiger partial charge in [-0.15, -0.1) is 0 Å². The molecule has 0 spiro atoms. The van der Waals surface area contributed by atoms with Crippen LogP contribution in [0.5, 0.6) is 0 Å². The van der Waals surface area contributed by atoms with E-state index < -0.39 is 48.3 Å². The van der Waals surface area contributed by atoms with E-state index in [0.29, 0.717) is 0 Å². The number of amides is 1. The van der Waals surface area contributed by atoms with Gasteiger partial charge in [0.2, 0.25) is 0 Å². The lowest BCUT2D eigenvalue weighted by Gasteiger charge is -2.29. The van der Waals surface area contributed by atoms with Gasteiger partial charge in [-0.3, -0.25) is 4.79 Å². The molecule has 1 rings (SSSR count). The fourth-order valence-corrected chi connectivity index (χ4v) is 2.09. The molecule has 9 heteroatoms. The fourth-order valence-electron chi connectivity index (χ4n) is 1.99. The van der Waals surface area contributed by atoms with E-state index in [1.54, 1.807) is 20.8 Å². The number of rotatable bonds is 2. The third-order valence-electron chi connectivity index (χ3n) is 3.04. The lowest BCUT2D eigenvalue weighted by atomic mass is 9.86. The molecule has 0 bridgehead atoms. The third-order valence-corrected chi connectivity index (χ3v) is 3.15. The number of likely N-dealkylation sites (tertiary alicyclic amines) is 1. The summed E-state index contributed by atoms with van der Waals surface area (Å²) >= 11 is 5.16. The molecule has 0 aliphatic carbocycles. The first-order valence-electron chi connectivity index (χ1n) is 6.21. The van der Waals surface area contributed by atoms with Gasteiger partial charge in [0, 0.05) is 13.1 Å².